The second kappa shape index (κ2) is 6.91. The number of carbonyl (C=O) groups excluding carboxylic acids is 2. The van der Waals surface area contributed by atoms with Crippen LogP contribution in [0.3, 0.4) is 0 Å². The smallest absolute Gasteiger partial charge is 0.331 e. The van der Waals surface area contributed by atoms with Gasteiger partial charge in [-0.05, 0) is 39.5 Å². The maximum Gasteiger partial charge on any atom is 0.331 e. The minimum absolute atomic E-state index is 0.187. The Hall–Kier alpha value is -1.32. The molecule has 0 aromatic rings. The van der Waals surface area contributed by atoms with Crippen LogP contribution in [0.2, 0.25) is 0 Å². The summed E-state index contributed by atoms with van der Waals surface area (Å²) in [6, 6.07) is 0. The second-order valence-electron chi connectivity index (χ2n) is 6.69. The van der Waals surface area contributed by atoms with Gasteiger partial charge in [-0.1, -0.05) is 27.7 Å². The average molecular weight is 284 g/mol. The van der Waals surface area contributed by atoms with Gasteiger partial charge in [0.15, 0.2) is 0 Å². The van der Waals surface area contributed by atoms with E-state index in [0.29, 0.717) is 0 Å². The van der Waals surface area contributed by atoms with Gasteiger partial charge in [0.2, 0.25) is 0 Å². The van der Waals surface area contributed by atoms with Crippen LogP contribution in [-0.4, -0.2) is 23.1 Å². The first-order chi connectivity index (χ1) is 8.88. The van der Waals surface area contributed by atoms with E-state index in [4.69, 9.17) is 9.47 Å². The lowest BCUT2D eigenvalue weighted by atomic mass is 9.94. The fourth-order valence-corrected chi connectivity index (χ4v) is 0.958. The molecule has 0 aliphatic carbocycles. The fourth-order valence-electron chi connectivity index (χ4n) is 0.958. The van der Waals surface area contributed by atoms with Gasteiger partial charge in [-0.3, -0.25) is 0 Å². The van der Waals surface area contributed by atoms with Crippen LogP contribution in [0, 0.1) is 11.8 Å². The Morgan fingerprint density at radius 1 is 0.750 bits per heavy atom. The molecule has 4 nitrogen and oxygen atoms in total. The van der Waals surface area contributed by atoms with Crippen LogP contribution in [-0.2, 0) is 19.1 Å². The molecule has 0 saturated heterocycles. The zero-order chi connectivity index (χ0) is 16.1. The van der Waals surface area contributed by atoms with Crippen LogP contribution in [0.4, 0.5) is 0 Å². The Bertz CT molecular complexity index is 340. The highest BCUT2D eigenvalue weighted by Crippen LogP contribution is 2.21. The standard InChI is InChI=1S/C16H28O4/c1-11(2)15(5,6)19-13(17)9-10-14(18)20-16(7,8)12(3)4/h9-12H,1-8H3/b10-9+. The van der Waals surface area contributed by atoms with Gasteiger partial charge < -0.3 is 9.47 Å². The maximum atomic E-state index is 11.7. The maximum absolute atomic E-state index is 11.7. The molecule has 0 unspecified atom stereocenters. The average Bonchev–Trinajstić information content (AvgIpc) is 2.24. The summed E-state index contributed by atoms with van der Waals surface area (Å²) in [7, 11) is 0. The third-order valence-electron chi connectivity index (χ3n) is 3.86. The number of esters is 2. The number of hydrogen-bond donors (Lipinski definition) is 0. The molecule has 0 spiro atoms. The fraction of sp³-hybridized carbons (Fsp3) is 0.750. The summed E-state index contributed by atoms with van der Waals surface area (Å²) in [5, 5.41) is 0. The van der Waals surface area contributed by atoms with Crippen molar-refractivity contribution in [2.24, 2.45) is 11.8 Å². The van der Waals surface area contributed by atoms with Crippen LogP contribution in [0.15, 0.2) is 12.2 Å². The summed E-state index contributed by atoms with van der Waals surface area (Å²) >= 11 is 0. The Morgan fingerprint density at radius 2 is 1.00 bits per heavy atom. The molecule has 0 N–H and O–H groups in total. The molecule has 0 bridgehead atoms. The highest BCUT2D eigenvalue weighted by atomic mass is 16.6. The number of ether oxygens (including phenoxy) is 2. The van der Waals surface area contributed by atoms with E-state index in [1.165, 1.54) is 0 Å². The van der Waals surface area contributed by atoms with Crippen molar-refractivity contribution in [2.75, 3.05) is 0 Å². The van der Waals surface area contributed by atoms with Gasteiger partial charge in [-0.25, -0.2) is 9.59 Å². The SMILES string of the molecule is CC(C)C(C)(C)OC(=O)/C=C/C(=O)OC(C)(C)C(C)C. The predicted octanol–water partition coefficient (Wildman–Crippen LogP) is 3.50. The summed E-state index contributed by atoms with van der Waals surface area (Å²) < 4.78 is 10.6. The lowest BCUT2D eigenvalue weighted by Gasteiger charge is -2.29. The minimum atomic E-state index is -0.567. The lowest BCUT2D eigenvalue weighted by Crippen LogP contribution is -2.34. The van der Waals surface area contributed by atoms with Gasteiger partial charge in [0.25, 0.3) is 0 Å². The van der Waals surface area contributed by atoms with E-state index in [1.54, 1.807) is 0 Å². The normalized spacial score (nSPS) is 13.1. The Morgan fingerprint density at radius 3 is 1.20 bits per heavy atom. The molecule has 0 radical (unpaired) electrons. The van der Waals surface area contributed by atoms with Crippen molar-refractivity contribution in [1.29, 1.82) is 0 Å². The Labute approximate surface area is 122 Å². The topological polar surface area (TPSA) is 52.6 Å². The third kappa shape index (κ3) is 6.22. The highest BCUT2D eigenvalue weighted by molar-refractivity contribution is 5.92. The monoisotopic (exact) mass is 284 g/mol. The van der Waals surface area contributed by atoms with Gasteiger partial charge in [0.1, 0.15) is 11.2 Å². The van der Waals surface area contributed by atoms with E-state index in [9.17, 15) is 9.59 Å². The van der Waals surface area contributed by atoms with Crippen LogP contribution in [0.25, 0.3) is 0 Å². The molecule has 20 heavy (non-hydrogen) atoms. The molecule has 0 saturated carbocycles. The summed E-state index contributed by atoms with van der Waals surface area (Å²) in [5.41, 5.74) is -1.13. The molecule has 0 rings (SSSR count). The van der Waals surface area contributed by atoms with Crippen LogP contribution in [0.5, 0.6) is 0 Å². The van der Waals surface area contributed by atoms with Crippen molar-refractivity contribution in [3.8, 4) is 0 Å². The molecule has 0 fully saturated rings. The molecule has 0 amide bonds. The van der Waals surface area contributed by atoms with E-state index < -0.39 is 23.1 Å². The first-order valence-corrected chi connectivity index (χ1v) is 7.02. The number of rotatable bonds is 6. The van der Waals surface area contributed by atoms with Crippen molar-refractivity contribution in [2.45, 2.75) is 66.6 Å². The first-order valence-electron chi connectivity index (χ1n) is 7.02. The molecule has 0 aromatic carbocycles. The van der Waals surface area contributed by atoms with E-state index in [2.05, 4.69) is 0 Å². The minimum Gasteiger partial charge on any atom is -0.456 e. The zero-order valence-electron chi connectivity index (χ0n) is 13.9. The van der Waals surface area contributed by atoms with Gasteiger partial charge in [-0.15, -0.1) is 0 Å². The second-order valence-corrected chi connectivity index (χ2v) is 6.69. The largest absolute Gasteiger partial charge is 0.456 e. The zero-order valence-corrected chi connectivity index (χ0v) is 13.9. The molecule has 0 aliphatic rings. The lowest BCUT2D eigenvalue weighted by molar-refractivity contribution is -0.157. The summed E-state index contributed by atoms with van der Waals surface area (Å²) in [4.78, 5) is 23.3. The van der Waals surface area contributed by atoms with Crippen LogP contribution < -0.4 is 0 Å². The van der Waals surface area contributed by atoms with Crippen molar-refractivity contribution >= 4 is 11.9 Å². The summed E-state index contributed by atoms with van der Waals surface area (Å²) in [6.45, 7) is 15.2. The van der Waals surface area contributed by atoms with E-state index in [-0.39, 0.29) is 11.8 Å². The molecule has 0 aromatic heterocycles. The molecule has 0 atom stereocenters. The summed E-state index contributed by atoms with van der Waals surface area (Å²) in [5.74, 6) is -0.704. The molecule has 4 heteroatoms. The van der Waals surface area contributed by atoms with Gasteiger partial charge in [0.05, 0.1) is 0 Å². The first kappa shape index (κ1) is 18.7. The Kier molecular flexibility index (Phi) is 6.45. The Balaban J connectivity index is 4.51. The molecule has 116 valence electrons. The van der Waals surface area contributed by atoms with Gasteiger partial charge in [0, 0.05) is 12.2 Å². The van der Waals surface area contributed by atoms with Crippen molar-refractivity contribution in [1.82, 2.24) is 0 Å². The van der Waals surface area contributed by atoms with E-state index >= 15 is 0 Å². The van der Waals surface area contributed by atoms with Crippen molar-refractivity contribution in [3.05, 3.63) is 12.2 Å². The van der Waals surface area contributed by atoms with Crippen LogP contribution in [0.1, 0.15) is 55.4 Å². The predicted molar refractivity (Wildman–Crippen MR) is 79.2 cm³/mol. The number of hydrogen-bond acceptors (Lipinski definition) is 4. The van der Waals surface area contributed by atoms with Gasteiger partial charge >= 0.3 is 11.9 Å². The summed E-state index contributed by atoms with van der Waals surface area (Å²) in [6.07, 6.45) is 2.23. The third-order valence-corrected chi connectivity index (χ3v) is 3.86. The molecular formula is C16H28O4. The molecule has 0 aliphatic heterocycles. The van der Waals surface area contributed by atoms with Crippen molar-refractivity contribution in [3.63, 3.8) is 0 Å². The van der Waals surface area contributed by atoms with E-state index in [0.717, 1.165) is 12.2 Å². The number of carbonyl (C=O) groups is 2. The molecular weight excluding hydrogens is 256 g/mol. The van der Waals surface area contributed by atoms with Crippen molar-refractivity contribution < 1.29 is 19.1 Å². The molecule has 0 heterocycles. The van der Waals surface area contributed by atoms with E-state index in [1.807, 2.05) is 55.4 Å². The highest BCUT2D eigenvalue weighted by Gasteiger charge is 2.27. The van der Waals surface area contributed by atoms with Gasteiger partial charge in [-0.2, -0.15) is 0 Å². The van der Waals surface area contributed by atoms with Crippen LogP contribution >= 0.6 is 0 Å². The quantitative estimate of drug-likeness (QED) is 0.553.